The summed E-state index contributed by atoms with van der Waals surface area (Å²) in [5.41, 5.74) is 2.75. The maximum atomic E-state index is 11.4. The molecule has 0 aliphatic carbocycles. The number of aliphatic hydroxyl groups excluding tert-OH is 1. The molecule has 0 spiro atoms. The van der Waals surface area contributed by atoms with Gasteiger partial charge in [-0.1, -0.05) is 44.9 Å². The number of hydrogen-bond donors (Lipinski definition) is 2. The van der Waals surface area contributed by atoms with Crippen molar-refractivity contribution in [2.45, 2.75) is 51.8 Å². The first kappa shape index (κ1) is 16.8. The Labute approximate surface area is 156 Å². The topological polar surface area (TPSA) is 42.5 Å². The molecule has 0 amide bonds. The number of aliphatic hydroxyl groups is 1. The molecule has 4 nitrogen and oxygen atoms in total. The van der Waals surface area contributed by atoms with Crippen LogP contribution in [0.15, 0.2) is 30.5 Å². The van der Waals surface area contributed by atoms with Crippen LogP contribution in [-0.4, -0.2) is 52.2 Å². The van der Waals surface area contributed by atoms with Gasteiger partial charge in [-0.05, 0) is 18.9 Å². The van der Waals surface area contributed by atoms with Crippen LogP contribution in [0.1, 0.15) is 51.3 Å². The second-order valence-corrected chi connectivity index (χ2v) is 9.10. The molecule has 0 atom stereocenters. The molecule has 4 aliphatic heterocycles. The van der Waals surface area contributed by atoms with Crippen molar-refractivity contribution in [2.24, 2.45) is 10.8 Å². The SMILES string of the molecule is CCCC12CN3CC(CCC)(CN(C1)C3c1c[nH]c3ccccc13)C2O. The van der Waals surface area contributed by atoms with E-state index in [1.54, 1.807) is 0 Å². The second-order valence-electron chi connectivity index (χ2n) is 9.10. The van der Waals surface area contributed by atoms with Gasteiger partial charge < -0.3 is 10.1 Å². The van der Waals surface area contributed by atoms with Gasteiger partial charge in [-0.3, -0.25) is 9.80 Å². The Morgan fingerprint density at radius 2 is 1.58 bits per heavy atom. The molecule has 0 radical (unpaired) electrons. The Morgan fingerprint density at radius 1 is 1.00 bits per heavy atom. The number of hydrogen-bond acceptors (Lipinski definition) is 3. The van der Waals surface area contributed by atoms with Gasteiger partial charge in [-0.2, -0.15) is 0 Å². The van der Waals surface area contributed by atoms with Crippen molar-refractivity contribution in [3.8, 4) is 0 Å². The summed E-state index contributed by atoms with van der Waals surface area (Å²) in [7, 11) is 0. The lowest BCUT2D eigenvalue weighted by atomic mass is 9.56. The lowest BCUT2D eigenvalue weighted by Crippen LogP contribution is -2.78. The Balaban J connectivity index is 1.57. The van der Waals surface area contributed by atoms with Crippen LogP contribution in [0.5, 0.6) is 0 Å². The van der Waals surface area contributed by atoms with Crippen LogP contribution in [0.4, 0.5) is 0 Å². The van der Waals surface area contributed by atoms with Crippen molar-refractivity contribution in [1.82, 2.24) is 14.8 Å². The van der Waals surface area contributed by atoms with Gasteiger partial charge in [0.05, 0.1) is 12.3 Å². The average molecular weight is 354 g/mol. The van der Waals surface area contributed by atoms with Gasteiger partial charge in [0.25, 0.3) is 0 Å². The van der Waals surface area contributed by atoms with E-state index in [1.165, 1.54) is 16.5 Å². The number of piperidine rings is 2. The van der Waals surface area contributed by atoms with E-state index in [-0.39, 0.29) is 16.9 Å². The number of benzene rings is 1. The first-order valence-corrected chi connectivity index (χ1v) is 10.3. The first-order chi connectivity index (χ1) is 12.6. The van der Waals surface area contributed by atoms with Gasteiger partial charge >= 0.3 is 0 Å². The fourth-order valence-electron chi connectivity index (χ4n) is 6.69. The minimum atomic E-state index is -0.147. The summed E-state index contributed by atoms with van der Waals surface area (Å²) in [5.74, 6) is 0. The van der Waals surface area contributed by atoms with E-state index in [9.17, 15) is 5.11 Å². The maximum absolute atomic E-state index is 11.4. The highest BCUT2D eigenvalue weighted by molar-refractivity contribution is 5.83. The van der Waals surface area contributed by atoms with Crippen molar-refractivity contribution in [3.05, 3.63) is 36.0 Å². The number of H-pyrrole nitrogens is 1. The monoisotopic (exact) mass is 353 g/mol. The zero-order valence-electron chi connectivity index (χ0n) is 16.0. The lowest BCUT2D eigenvalue weighted by molar-refractivity contribution is -0.268. The van der Waals surface area contributed by atoms with Crippen molar-refractivity contribution < 1.29 is 5.11 Å². The minimum absolute atomic E-state index is 0.0586. The van der Waals surface area contributed by atoms with Crippen LogP contribution >= 0.6 is 0 Å². The summed E-state index contributed by atoms with van der Waals surface area (Å²) in [4.78, 5) is 8.83. The number of nitrogens with zero attached hydrogens (tertiary/aromatic N) is 2. The highest BCUT2D eigenvalue weighted by Gasteiger charge is 2.64. The summed E-state index contributed by atoms with van der Waals surface area (Å²) in [6, 6.07) is 8.65. The van der Waals surface area contributed by atoms with E-state index in [0.717, 1.165) is 51.9 Å². The number of para-hydroxylation sites is 1. The summed E-state index contributed by atoms with van der Waals surface area (Å²) in [6.07, 6.45) is 6.99. The zero-order valence-corrected chi connectivity index (χ0v) is 16.0. The Kier molecular flexibility index (Phi) is 3.76. The molecule has 4 heteroatoms. The second kappa shape index (κ2) is 5.82. The Morgan fingerprint density at radius 3 is 2.15 bits per heavy atom. The van der Waals surface area contributed by atoms with Gasteiger partial charge in [0.15, 0.2) is 0 Å². The van der Waals surface area contributed by atoms with Gasteiger partial charge in [0.2, 0.25) is 0 Å². The molecule has 4 saturated heterocycles. The van der Waals surface area contributed by atoms with Crippen LogP contribution < -0.4 is 0 Å². The van der Waals surface area contributed by atoms with Crippen LogP contribution in [-0.2, 0) is 0 Å². The van der Waals surface area contributed by atoms with E-state index >= 15 is 0 Å². The highest BCUT2D eigenvalue weighted by Crippen LogP contribution is 2.58. The number of rotatable bonds is 5. The molecule has 0 saturated carbocycles. The molecular formula is C22H31N3O. The third kappa shape index (κ3) is 2.12. The van der Waals surface area contributed by atoms with E-state index in [2.05, 4.69) is 59.1 Å². The molecule has 2 aromatic rings. The quantitative estimate of drug-likeness (QED) is 0.860. The molecule has 4 fully saturated rings. The van der Waals surface area contributed by atoms with Crippen LogP contribution in [0.25, 0.3) is 10.9 Å². The molecular weight excluding hydrogens is 322 g/mol. The Hall–Kier alpha value is -1.36. The standard InChI is InChI=1S/C22H31N3O/c1-3-9-21-12-24-14-22(10-4-2,20(21)26)15-25(13-21)19(24)17-11-23-18-8-6-5-7-16(17)18/h5-8,11,19-20,23,26H,3-4,9-10,12-15H2,1-2H3. The molecule has 0 unspecified atom stereocenters. The van der Waals surface area contributed by atoms with Gasteiger partial charge in [-0.25, -0.2) is 0 Å². The average Bonchev–Trinajstić information content (AvgIpc) is 3.03. The third-order valence-electron chi connectivity index (χ3n) is 7.32. The summed E-state index contributed by atoms with van der Waals surface area (Å²) in [5, 5.41) is 12.8. The number of aromatic amines is 1. The molecule has 2 N–H and O–H groups in total. The number of fused-ring (bicyclic) bond motifs is 1. The third-order valence-corrected chi connectivity index (χ3v) is 7.32. The lowest BCUT2D eigenvalue weighted by Gasteiger charge is -2.70. The van der Waals surface area contributed by atoms with Crippen LogP contribution in [0, 0.1) is 10.8 Å². The van der Waals surface area contributed by atoms with Crippen molar-refractivity contribution in [1.29, 1.82) is 0 Å². The van der Waals surface area contributed by atoms with Crippen LogP contribution in [0.2, 0.25) is 0 Å². The predicted octanol–water partition coefficient (Wildman–Crippen LogP) is 3.75. The molecule has 26 heavy (non-hydrogen) atoms. The first-order valence-electron chi connectivity index (χ1n) is 10.3. The largest absolute Gasteiger partial charge is 0.392 e. The molecule has 1 aromatic carbocycles. The van der Waals surface area contributed by atoms with Gasteiger partial charge in [-0.15, -0.1) is 0 Å². The van der Waals surface area contributed by atoms with E-state index in [1.807, 2.05) is 0 Å². The smallest absolute Gasteiger partial charge is 0.0907 e. The van der Waals surface area contributed by atoms with Crippen molar-refractivity contribution in [3.63, 3.8) is 0 Å². The molecule has 4 aliphatic rings. The zero-order chi connectivity index (χ0) is 17.9. The van der Waals surface area contributed by atoms with Gasteiger partial charge in [0, 0.05) is 59.7 Å². The maximum Gasteiger partial charge on any atom is 0.0907 e. The highest BCUT2D eigenvalue weighted by atomic mass is 16.3. The van der Waals surface area contributed by atoms with E-state index < -0.39 is 0 Å². The summed E-state index contributed by atoms with van der Waals surface area (Å²) >= 11 is 0. The van der Waals surface area contributed by atoms with Gasteiger partial charge in [0.1, 0.15) is 0 Å². The fraction of sp³-hybridized carbons (Fsp3) is 0.636. The summed E-state index contributed by atoms with van der Waals surface area (Å²) < 4.78 is 0. The number of aromatic nitrogens is 1. The van der Waals surface area contributed by atoms with E-state index in [4.69, 9.17) is 0 Å². The molecule has 6 rings (SSSR count). The molecule has 4 bridgehead atoms. The molecule has 5 heterocycles. The Bertz CT molecular complexity index is 771. The van der Waals surface area contributed by atoms with E-state index in [0.29, 0.717) is 6.17 Å². The number of nitrogens with one attached hydrogen (secondary N) is 1. The van der Waals surface area contributed by atoms with Crippen LogP contribution in [0.3, 0.4) is 0 Å². The minimum Gasteiger partial charge on any atom is -0.392 e. The summed E-state index contributed by atoms with van der Waals surface area (Å²) in [6.45, 7) is 8.67. The van der Waals surface area contributed by atoms with Crippen molar-refractivity contribution in [2.75, 3.05) is 26.2 Å². The molecule has 1 aromatic heterocycles. The normalized spacial score (nSPS) is 41.2. The van der Waals surface area contributed by atoms with Crippen molar-refractivity contribution >= 4 is 10.9 Å². The molecule has 140 valence electrons. The fourth-order valence-corrected chi connectivity index (χ4v) is 6.69. The predicted molar refractivity (Wildman–Crippen MR) is 105 cm³/mol.